The highest BCUT2D eigenvalue weighted by molar-refractivity contribution is 7.26. The maximum Gasteiger partial charge on any atom is 0.165 e. The third kappa shape index (κ3) is 4.24. The molecular formula is C37H22ClN3S. The van der Waals surface area contributed by atoms with Crippen molar-refractivity contribution in [3.8, 4) is 45.3 Å². The van der Waals surface area contributed by atoms with Crippen LogP contribution < -0.4 is 0 Å². The molecule has 0 saturated carbocycles. The first-order valence-electron chi connectivity index (χ1n) is 13.7. The summed E-state index contributed by atoms with van der Waals surface area (Å²) in [7, 11) is 0. The van der Waals surface area contributed by atoms with Crippen molar-refractivity contribution in [1.29, 1.82) is 0 Å². The number of benzene rings is 6. The Balaban J connectivity index is 1.33. The summed E-state index contributed by atoms with van der Waals surface area (Å²) in [5, 5.41) is 5.24. The molecule has 0 unspecified atom stereocenters. The molecule has 0 aliphatic heterocycles. The molecule has 8 aromatic rings. The minimum absolute atomic E-state index is 0.555. The number of thiophene rings is 1. The molecule has 0 atom stereocenters. The SMILES string of the molecule is Clc1c(-c2nc(-c3ccc(-c4ccccc4)cc3)nc(-c3cccc4ccccc34)n2)ccc2c1sc1ccccc12. The van der Waals surface area contributed by atoms with Gasteiger partial charge in [0, 0.05) is 32.2 Å². The van der Waals surface area contributed by atoms with Crippen LogP contribution >= 0.6 is 22.9 Å². The molecular weight excluding hydrogens is 554 g/mol. The molecule has 0 saturated heterocycles. The molecule has 6 aromatic carbocycles. The van der Waals surface area contributed by atoms with Gasteiger partial charge in [-0.2, -0.15) is 0 Å². The maximum atomic E-state index is 7.14. The normalized spacial score (nSPS) is 11.5. The highest BCUT2D eigenvalue weighted by Crippen LogP contribution is 2.42. The third-order valence-corrected chi connectivity index (χ3v) is 9.35. The van der Waals surface area contributed by atoms with Crippen LogP contribution in [0.1, 0.15) is 0 Å². The van der Waals surface area contributed by atoms with Crippen molar-refractivity contribution in [2.75, 3.05) is 0 Å². The van der Waals surface area contributed by atoms with E-state index in [1.54, 1.807) is 11.3 Å². The largest absolute Gasteiger partial charge is 0.208 e. The minimum Gasteiger partial charge on any atom is -0.208 e. The Kier molecular flexibility index (Phi) is 6.03. The Hall–Kier alpha value is -4.90. The Morgan fingerprint density at radius 1 is 0.429 bits per heavy atom. The molecule has 3 nitrogen and oxygen atoms in total. The lowest BCUT2D eigenvalue weighted by Gasteiger charge is -2.11. The van der Waals surface area contributed by atoms with Crippen molar-refractivity contribution in [3.05, 3.63) is 138 Å². The molecule has 0 spiro atoms. The van der Waals surface area contributed by atoms with E-state index in [0.717, 1.165) is 43.1 Å². The number of nitrogens with zero attached hydrogens (tertiary/aromatic N) is 3. The summed E-state index contributed by atoms with van der Waals surface area (Å²) in [5.74, 6) is 1.78. The lowest BCUT2D eigenvalue weighted by molar-refractivity contribution is 1.08. The fourth-order valence-corrected chi connectivity index (χ4v) is 7.04. The van der Waals surface area contributed by atoms with Crippen LogP contribution in [0.2, 0.25) is 5.02 Å². The number of hydrogen-bond acceptors (Lipinski definition) is 4. The molecule has 42 heavy (non-hydrogen) atoms. The van der Waals surface area contributed by atoms with E-state index in [9.17, 15) is 0 Å². The minimum atomic E-state index is 0.555. The Morgan fingerprint density at radius 3 is 1.88 bits per heavy atom. The number of halogens is 1. The lowest BCUT2D eigenvalue weighted by atomic mass is 10.0. The van der Waals surface area contributed by atoms with Crippen molar-refractivity contribution < 1.29 is 0 Å². The molecule has 0 radical (unpaired) electrons. The van der Waals surface area contributed by atoms with Gasteiger partial charge in [0.1, 0.15) is 0 Å². The van der Waals surface area contributed by atoms with Crippen LogP contribution in [-0.4, -0.2) is 15.0 Å². The monoisotopic (exact) mass is 575 g/mol. The van der Waals surface area contributed by atoms with Crippen molar-refractivity contribution in [1.82, 2.24) is 15.0 Å². The molecule has 0 N–H and O–H groups in total. The van der Waals surface area contributed by atoms with Crippen molar-refractivity contribution in [2.24, 2.45) is 0 Å². The molecule has 8 rings (SSSR count). The average molecular weight is 576 g/mol. The standard InChI is InChI=1S/C37H22ClN3S/c38-33-31(22-21-29-28-14-6-7-16-32(28)42-34(29)33)37-40-35(26-19-17-24(18-20-26)23-9-2-1-3-10-23)39-36(41-37)30-15-8-12-25-11-4-5-13-27(25)30/h1-22H. The van der Waals surface area contributed by atoms with E-state index >= 15 is 0 Å². The molecule has 5 heteroatoms. The van der Waals surface area contributed by atoms with Crippen LogP contribution in [0.4, 0.5) is 0 Å². The number of aromatic nitrogens is 3. The van der Waals surface area contributed by atoms with Gasteiger partial charge in [-0.1, -0.05) is 133 Å². The van der Waals surface area contributed by atoms with E-state index in [1.165, 1.54) is 15.6 Å². The fourth-order valence-electron chi connectivity index (χ4n) is 5.54. The second-order valence-corrected chi connectivity index (χ2v) is 11.6. The molecule has 198 valence electrons. The van der Waals surface area contributed by atoms with Gasteiger partial charge < -0.3 is 0 Å². The van der Waals surface area contributed by atoms with Gasteiger partial charge in [-0.3, -0.25) is 0 Å². The topological polar surface area (TPSA) is 38.7 Å². The van der Waals surface area contributed by atoms with E-state index in [2.05, 4.69) is 103 Å². The van der Waals surface area contributed by atoms with Crippen molar-refractivity contribution in [3.63, 3.8) is 0 Å². The number of hydrogen-bond donors (Lipinski definition) is 0. The second kappa shape index (κ2) is 10.2. The summed E-state index contributed by atoms with van der Waals surface area (Å²) in [4.78, 5) is 15.1. The fraction of sp³-hybridized carbons (Fsp3) is 0. The smallest absolute Gasteiger partial charge is 0.165 e. The Morgan fingerprint density at radius 2 is 1.05 bits per heavy atom. The van der Waals surface area contributed by atoms with E-state index in [0.29, 0.717) is 22.5 Å². The summed E-state index contributed by atoms with van der Waals surface area (Å²) >= 11 is 8.83. The van der Waals surface area contributed by atoms with E-state index in [1.807, 2.05) is 30.3 Å². The van der Waals surface area contributed by atoms with Gasteiger partial charge >= 0.3 is 0 Å². The maximum absolute atomic E-state index is 7.14. The summed E-state index contributed by atoms with van der Waals surface area (Å²) in [6.45, 7) is 0. The average Bonchev–Trinajstić information content (AvgIpc) is 3.45. The highest BCUT2D eigenvalue weighted by atomic mass is 35.5. The molecule has 0 aliphatic rings. The van der Waals surface area contributed by atoms with Crippen LogP contribution in [0.3, 0.4) is 0 Å². The molecule has 0 aliphatic carbocycles. The molecule has 0 fully saturated rings. The number of rotatable bonds is 4. The lowest BCUT2D eigenvalue weighted by Crippen LogP contribution is -2.01. The predicted octanol–water partition coefficient (Wildman–Crippen LogP) is 10.7. The van der Waals surface area contributed by atoms with Crippen LogP contribution in [0, 0.1) is 0 Å². The van der Waals surface area contributed by atoms with Gasteiger partial charge in [0.05, 0.1) is 9.72 Å². The Labute approximate surface area is 251 Å². The molecule has 0 bridgehead atoms. The van der Waals surface area contributed by atoms with Gasteiger partial charge in [-0.15, -0.1) is 11.3 Å². The van der Waals surface area contributed by atoms with E-state index in [-0.39, 0.29) is 0 Å². The van der Waals surface area contributed by atoms with Crippen LogP contribution in [0.25, 0.3) is 76.2 Å². The zero-order chi connectivity index (χ0) is 28.0. The van der Waals surface area contributed by atoms with E-state index in [4.69, 9.17) is 26.6 Å². The first kappa shape index (κ1) is 24.9. The van der Waals surface area contributed by atoms with E-state index < -0.39 is 0 Å². The second-order valence-electron chi connectivity index (χ2n) is 10.2. The van der Waals surface area contributed by atoms with Gasteiger partial charge in [0.15, 0.2) is 17.5 Å². The Bertz CT molecular complexity index is 2250. The van der Waals surface area contributed by atoms with Gasteiger partial charge in [-0.25, -0.2) is 15.0 Å². The molecule has 0 amide bonds. The van der Waals surface area contributed by atoms with Gasteiger partial charge in [-0.05, 0) is 34.0 Å². The predicted molar refractivity (Wildman–Crippen MR) is 177 cm³/mol. The van der Waals surface area contributed by atoms with Gasteiger partial charge in [0.2, 0.25) is 0 Å². The zero-order valence-corrected chi connectivity index (χ0v) is 23.9. The van der Waals surface area contributed by atoms with Gasteiger partial charge in [0.25, 0.3) is 0 Å². The summed E-state index contributed by atoms with van der Waals surface area (Å²) in [6, 6.07) is 45.8. The molecule has 2 aromatic heterocycles. The van der Waals surface area contributed by atoms with Crippen LogP contribution in [-0.2, 0) is 0 Å². The first-order chi connectivity index (χ1) is 20.7. The summed E-state index contributed by atoms with van der Waals surface area (Å²) in [6.07, 6.45) is 0. The van der Waals surface area contributed by atoms with Crippen molar-refractivity contribution in [2.45, 2.75) is 0 Å². The van der Waals surface area contributed by atoms with Crippen molar-refractivity contribution >= 4 is 53.9 Å². The highest BCUT2D eigenvalue weighted by Gasteiger charge is 2.18. The molecule has 2 heterocycles. The number of fused-ring (bicyclic) bond motifs is 4. The summed E-state index contributed by atoms with van der Waals surface area (Å²) < 4.78 is 2.24. The summed E-state index contributed by atoms with van der Waals surface area (Å²) in [5.41, 5.74) is 4.97. The quantitative estimate of drug-likeness (QED) is 0.209. The van der Waals surface area contributed by atoms with Crippen LogP contribution in [0.15, 0.2) is 133 Å². The third-order valence-electron chi connectivity index (χ3n) is 7.64. The zero-order valence-electron chi connectivity index (χ0n) is 22.3. The first-order valence-corrected chi connectivity index (χ1v) is 14.9. The van der Waals surface area contributed by atoms with Crippen LogP contribution in [0.5, 0.6) is 0 Å².